The van der Waals surface area contributed by atoms with Crippen molar-refractivity contribution in [1.29, 1.82) is 0 Å². The highest BCUT2D eigenvalue weighted by atomic mass is 32.1. The van der Waals surface area contributed by atoms with Crippen LogP contribution in [0, 0.1) is 11.6 Å². The molecule has 1 fully saturated rings. The number of carbonyl (C=O) groups is 1. The number of nitrogens with one attached hydrogen (secondary N) is 1. The lowest BCUT2D eigenvalue weighted by atomic mass is 10.0. The Morgan fingerprint density at radius 2 is 2.09 bits per heavy atom. The fourth-order valence-corrected chi connectivity index (χ4v) is 3.28. The minimum Gasteiger partial charge on any atom is -0.445 e. The zero-order chi connectivity index (χ0) is 16.2. The Labute approximate surface area is 141 Å². The summed E-state index contributed by atoms with van der Waals surface area (Å²) in [6.07, 6.45) is 1.68. The van der Waals surface area contributed by atoms with E-state index in [1.54, 1.807) is 0 Å². The zero-order valence-corrected chi connectivity index (χ0v) is 13.9. The van der Waals surface area contributed by atoms with Gasteiger partial charge in [0.15, 0.2) is 0 Å². The number of nitrogens with zero attached hydrogens (tertiary/aromatic N) is 1. The van der Waals surface area contributed by atoms with Gasteiger partial charge in [-0.2, -0.15) is 0 Å². The van der Waals surface area contributed by atoms with E-state index in [2.05, 4.69) is 4.98 Å². The number of aromatic amines is 1. The minimum absolute atomic E-state index is 0.0603. The Bertz CT molecular complexity index is 742. The molecule has 1 aromatic carbocycles. The number of rotatable bonds is 3. The van der Waals surface area contributed by atoms with Crippen molar-refractivity contribution in [2.45, 2.75) is 32.4 Å². The van der Waals surface area contributed by atoms with E-state index in [1.807, 2.05) is 54.3 Å². The Kier molecular flexibility index (Phi) is 4.76. The quantitative estimate of drug-likeness (QED) is 0.842. The van der Waals surface area contributed by atoms with E-state index in [0.29, 0.717) is 11.2 Å². The number of pyridine rings is 1. The minimum atomic E-state index is -0.252. The Hall–Kier alpha value is -2.14. The number of H-pyrrole nitrogens is 1. The van der Waals surface area contributed by atoms with Gasteiger partial charge in [0.25, 0.3) is 0 Å². The van der Waals surface area contributed by atoms with Gasteiger partial charge in [0.05, 0.1) is 6.04 Å². The molecule has 2 aromatic rings. The van der Waals surface area contributed by atoms with E-state index in [4.69, 9.17) is 17.0 Å². The number of carbonyl (C=O) groups excluding carboxylic acids is 1. The number of likely N-dealkylation sites (tertiary alicyclic amines) is 1. The van der Waals surface area contributed by atoms with Crippen LogP contribution >= 0.6 is 12.2 Å². The summed E-state index contributed by atoms with van der Waals surface area (Å²) >= 11 is 5.15. The summed E-state index contributed by atoms with van der Waals surface area (Å²) in [6.45, 7) is 3.03. The Morgan fingerprint density at radius 1 is 1.30 bits per heavy atom. The van der Waals surface area contributed by atoms with Crippen LogP contribution in [0.15, 0.2) is 42.5 Å². The van der Waals surface area contributed by atoms with E-state index in [0.717, 1.165) is 36.2 Å². The first kappa shape index (κ1) is 15.7. The summed E-state index contributed by atoms with van der Waals surface area (Å²) in [5.74, 6) is 0. The van der Waals surface area contributed by atoms with Gasteiger partial charge in [-0.15, -0.1) is 0 Å². The normalized spacial score (nSPS) is 17.3. The first-order valence-electron chi connectivity index (χ1n) is 7.82. The summed E-state index contributed by atoms with van der Waals surface area (Å²) in [4.78, 5) is 17.4. The van der Waals surface area contributed by atoms with Crippen molar-refractivity contribution in [3.8, 4) is 0 Å². The smallest absolute Gasteiger partial charge is 0.410 e. The van der Waals surface area contributed by atoms with E-state index in [-0.39, 0.29) is 12.1 Å². The maximum Gasteiger partial charge on any atom is 0.410 e. The van der Waals surface area contributed by atoms with E-state index < -0.39 is 0 Å². The van der Waals surface area contributed by atoms with Gasteiger partial charge < -0.3 is 14.6 Å². The average Bonchev–Trinajstić information content (AvgIpc) is 3.03. The molecule has 1 amide bonds. The third-order valence-corrected chi connectivity index (χ3v) is 4.45. The lowest BCUT2D eigenvalue weighted by molar-refractivity contribution is 0.0919. The van der Waals surface area contributed by atoms with Gasteiger partial charge in [-0.1, -0.05) is 48.6 Å². The van der Waals surface area contributed by atoms with E-state index in [1.165, 1.54) is 0 Å². The highest BCUT2D eigenvalue weighted by Gasteiger charge is 2.32. The molecule has 120 valence electrons. The molecule has 1 aromatic heterocycles. The molecule has 5 heteroatoms. The molecule has 2 heterocycles. The molecule has 0 bridgehead atoms. The van der Waals surface area contributed by atoms with Gasteiger partial charge >= 0.3 is 6.09 Å². The molecule has 0 radical (unpaired) electrons. The molecule has 4 nitrogen and oxygen atoms in total. The van der Waals surface area contributed by atoms with Crippen molar-refractivity contribution in [3.63, 3.8) is 0 Å². The summed E-state index contributed by atoms with van der Waals surface area (Å²) < 4.78 is 6.19. The van der Waals surface area contributed by atoms with Crippen LogP contribution in [-0.4, -0.2) is 22.5 Å². The third kappa shape index (κ3) is 3.62. The molecule has 1 N–H and O–H groups in total. The molecule has 0 aliphatic carbocycles. The van der Waals surface area contributed by atoms with Crippen LogP contribution in [0.3, 0.4) is 0 Å². The maximum atomic E-state index is 12.5. The van der Waals surface area contributed by atoms with Crippen LogP contribution in [0.5, 0.6) is 0 Å². The first-order chi connectivity index (χ1) is 11.1. The van der Waals surface area contributed by atoms with Crippen molar-refractivity contribution in [3.05, 3.63) is 63.9 Å². The van der Waals surface area contributed by atoms with Crippen LogP contribution in [0.2, 0.25) is 0 Å². The third-order valence-electron chi connectivity index (χ3n) is 4.21. The number of benzene rings is 1. The second-order valence-corrected chi connectivity index (χ2v) is 6.23. The Balaban J connectivity index is 1.71. The lowest BCUT2D eigenvalue weighted by Gasteiger charge is -2.25. The highest BCUT2D eigenvalue weighted by molar-refractivity contribution is 7.71. The van der Waals surface area contributed by atoms with Crippen LogP contribution in [-0.2, 0) is 11.3 Å². The second kappa shape index (κ2) is 6.96. The van der Waals surface area contributed by atoms with Gasteiger partial charge in [0.2, 0.25) is 0 Å². The molecular weight excluding hydrogens is 308 g/mol. The average molecular weight is 328 g/mol. The maximum absolute atomic E-state index is 12.5. The SMILES string of the molecule is Cc1[nH]c(=S)ccc1[C@H]1CCCN1C(=O)OCc1ccccc1. The van der Waals surface area contributed by atoms with Crippen molar-refractivity contribution < 1.29 is 9.53 Å². The fraction of sp³-hybridized carbons (Fsp3) is 0.333. The van der Waals surface area contributed by atoms with Crippen molar-refractivity contribution in [1.82, 2.24) is 9.88 Å². The molecule has 23 heavy (non-hydrogen) atoms. The molecular formula is C18H20N2O2S. The molecule has 0 spiro atoms. The second-order valence-electron chi connectivity index (χ2n) is 5.79. The van der Waals surface area contributed by atoms with Gasteiger partial charge in [-0.25, -0.2) is 4.79 Å². The monoisotopic (exact) mass is 328 g/mol. The molecule has 1 aliphatic heterocycles. The van der Waals surface area contributed by atoms with Gasteiger partial charge in [0.1, 0.15) is 11.2 Å². The van der Waals surface area contributed by atoms with E-state index in [9.17, 15) is 4.79 Å². The predicted octanol–water partition coefficient (Wildman–Crippen LogP) is 4.53. The largest absolute Gasteiger partial charge is 0.445 e. The van der Waals surface area contributed by atoms with Crippen LogP contribution in [0.1, 0.15) is 35.7 Å². The summed E-state index contributed by atoms with van der Waals surface area (Å²) in [5.41, 5.74) is 3.13. The number of hydrogen-bond donors (Lipinski definition) is 1. The number of aromatic nitrogens is 1. The summed E-state index contributed by atoms with van der Waals surface area (Å²) in [6, 6.07) is 13.7. The molecule has 1 atom stereocenters. The van der Waals surface area contributed by atoms with Crippen molar-refractivity contribution >= 4 is 18.3 Å². The van der Waals surface area contributed by atoms with Gasteiger partial charge in [-0.05, 0) is 37.0 Å². The highest BCUT2D eigenvalue weighted by Crippen LogP contribution is 2.33. The molecule has 0 saturated carbocycles. The fourth-order valence-electron chi connectivity index (χ4n) is 3.06. The van der Waals surface area contributed by atoms with Crippen LogP contribution in [0.4, 0.5) is 4.79 Å². The van der Waals surface area contributed by atoms with Gasteiger partial charge in [0, 0.05) is 12.2 Å². The predicted molar refractivity (Wildman–Crippen MR) is 91.7 cm³/mol. The molecule has 3 rings (SSSR count). The summed E-state index contributed by atoms with van der Waals surface area (Å²) in [7, 11) is 0. The van der Waals surface area contributed by atoms with Crippen molar-refractivity contribution in [2.75, 3.05) is 6.54 Å². The summed E-state index contributed by atoms with van der Waals surface area (Å²) in [5, 5.41) is 0. The zero-order valence-electron chi connectivity index (χ0n) is 13.1. The molecule has 1 aliphatic rings. The van der Waals surface area contributed by atoms with Crippen LogP contribution < -0.4 is 0 Å². The number of ether oxygens (including phenoxy) is 1. The topological polar surface area (TPSA) is 45.3 Å². The number of aryl methyl sites for hydroxylation is 1. The lowest BCUT2D eigenvalue weighted by Crippen LogP contribution is -2.31. The molecule has 0 unspecified atom stereocenters. The standard InChI is InChI=1S/C18H20N2O2S/c1-13-15(9-10-17(23)19-13)16-8-5-11-20(16)18(21)22-12-14-6-3-2-4-7-14/h2-4,6-7,9-10,16H,5,8,11-12H2,1H3,(H,19,23)/t16-/m1/s1. The Morgan fingerprint density at radius 3 is 2.83 bits per heavy atom. The molecule has 1 saturated heterocycles. The van der Waals surface area contributed by atoms with E-state index >= 15 is 0 Å². The number of amides is 1. The first-order valence-corrected chi connectivity index (χ1v) is 8.23. The van der Waals surface area contributed by atoms with Crippen molar-refractivity contribution in [2.24, 2.45) is 0 Å². The van der Waals surface area contributed by atoms with Gasteiger partial charge in [-0.3, -0.25) is 0 Å². The van der Waals surface area contributed by atoms with Crippen LogP contribution in [0.25, 0.3) is 0 Å². The number of hydrogen-bond acceptors (Lipinski definition) is 3.